The molecular weight excluding hydrogens is 238 g/mol. The van der Waals surface area contributed by atoms with Crippen molar-refractivity contribution in [1.82, 2.24) is 0 Å². The molecule has 1 heterocycles. The van der Waals surface area contributed by atoms with E-state index in [1.807, 2.05) is 6.92 Å². The van der Waals surface area contributed by atoms with Crippen molar-refractivity contribution in [2.75, 3.05) is 29.9 Å². The monoisotopic (exact) mass is 251 g/mol. The summed E-state index contributed by atoms with van der Waals surface area (Å²) in [4.78, 5) is 23.3. The highest BCUT2D eigenvalue weighted by Crippen LogP contribution is 2.30. The molecule has 2 rings (SSSR count). The molecule has 0 atom stereocenters. The SMILES string of the molecule is CCNc1ccc(N2CCOC2=O)cc1[N+](=O)[O-]. The van der Waals surface area contributed by atoms with Crippen molar-refractivity contribution in [1.29, 1.82) is 0 Å². The van der Waals surface area contributed by atoms with E-state index >= 15 is 0 Å². The van der Waals surface area contributed by atoms with Gasteiger partial charge in [-0.1, -0.05) is 0 Å². The fraction of sp³-hybridized carbons (Fsp3) is 0.364. The molecule has 0 bridgehead atoms. The van der Waals surface area contributed by atoms with Gasteiger partial charge in [-0.2, -0.15) is 0 Å². The van der Waals surface area contributed by atoms with Gasteiger partial charge in [0.15, 0.2) is 0 Å². The second-order valence-electron chi connectivity index (χ2n) is 3.75. The lowest BCUT2D eigenvalue weighted by Crippen LogP contribution is -2.23. The third-order valence-corrected chi connectivity index (χ3v) is 2.62. The third-order valence-electron chi connectivity index (χ3n) is 2.62. The predicted molar refractivity (Wildman–Crippen MR) is 66.0 cm³/mol. The Morgan fingerprint density at radius 2 is 2.33 bits per heavy atom. The summed E-state index contributed by atoms with van der Waals surface area (Å²) in [5.74, 6) is 0. The Kier molecular flexibility index (Phi) is 3.31. The molecular formula is C11H13N3O4. The van der Waals surface area contributed by atoms with Crippen LogP contribution in [0.2, 0.25) is 0 Å². The number of nitrogens with zero attached hydrogens (tertiary/aromatic N) is 2. The van der Waals surface area contributed by atoms with Crippen LogP contribution in [0.15, 0.2) is 18.2 Å². The summed E-state index contributed by atoms with van der Waals surface area (Å²) < 4.78 is 4.80. The molecule has 1 aliphatic heterocycles. The zero-order valence-electron chi connectivity index (χ0n) is 9.88. The molecule has 7 nitrogen and oxygen atoms in total. The van der Waals surface area contributed by atoms with Crippen LogP contribution in [0.3, 0.4) is 0 Å². The molecule has 0 radical (unpaired) electrons. The number of nitro benzene ring substituents is 1. The number of benzene rings is 1. The van der Waals surface area contributed by atoms with Crippen LogP contribution < -0.4 is 10.2 Å². The van der Waals surface area contributed by atoms with Crippen molar-refractivity contribution >= 4 is 23.2 Å². The van der Waals surface area contributed by atoms with E-state index in [2.05, 4.69) is 5.32 Å². The lowest BCUT2D eigenvalue weighted by atomic mass is 10.2. The summed E-state index contributed by atoms with van der Waals surface area (Å²) in [6, 6.07) is 4.64. The van der Waals surface area contributed by atoms with E-state index in [0.717, 1.165) is 0 Å². The first kappa shape index (κ1) is 12.2. The molecule has 1 amide bonds. The van der Waals surface area contributed by atoms with Gasteiger partial charge < -0.3 is 10.1 Å². The number of hydrogen-bond donors (Lipinski definition) is 1. The number of carbonyl (C=O) groups is 1. The average Bonchev–Trinajstić information content (AvgIpc) is 2.76. The van der Waals surface area contributed by atoms with Crippen molar-refractivity contribution in [3.05, 3.63) is 28.3 Å². The molecule has 0 unspecified atom stereocenters. The lowest BCUT2D eigenvalue weighted by molar-refractivity contribution is -0.383. The zero-order valence-corrected chi connectivity index (χ0v) is 9.88. The molecule has 0 aromatic heterocycles. The Morgan fingerprint density at radius 3 is 2.89 bits per heavy atom. The van der Waals surface area contributed by atoms with Gasteiger partial charge in [0.2, 0.25) is 0 Å². The fourth-order valence-corrected chi connectivity index (χ4v) is 1.81. The van der Waals surface area contributed by atoms with Crippen LogP contribution in [-0.2, 0) is 4.74 Å². The number of hydrogen-bond acceptors (Lipinski definition) is 5. The van der Waals surface area contributed by atoms with E-state index in [0.29, 0.717) is 31.1 Å². The maximum atomic E-state index is 11.4. The normalized spacial score (nSPS) is 14.5. The van der Waals surface area contributed by atoms with Crippen molar-refractivity contribution in [3.8, 4) is 0 Å². The predicted octanol–water partition coefficient (Wildman–Crippen LogP) is 1.98. The highest BCUT2D eigenvalue weighted by molar-refractivity contribution is 5.90. The van der Waals surface area contributed by atoms with Crippen LogP contribution in [0.4, 0.5) is 21.9 Å². The zero-order chi connectivity index (χ0) is 13.1. The van der Waals surface area contributed by atoms with Crippen LogP contribution in [0, 0.1) is 10.1 Å². The summed E-state index contributed by atoms with van der Waals surface area (Å²) >= 11 is 0. The summed E-state index contributed by atoms with van der Waals surface area (Å²) in [6.07, 6.45) is -0.472. The summed E-state index contributed by atoms with van der Waals surface area (Å²) in [5, 5.41) is 13.9. The number of ether oxygens (including phenoxy) is 1. The number of cyclic esters (lactones) is 1. The molecule has 1 N–H and O–H groups in total. The number of amides is 1. The van der Waals surface area contributed by atoms with E-state index in [9.17, 15) is 14.9 Å². The number of nitrogens with one attached hydrogen (secondary N) is 1. The molecule has 96 valence electrons. The van der Waals surface area contributed by atoms with E-state index in [1.165, 1.54) is 11.0 Å². The van der Waals surface area contributed by atoms with Gasteiger partial charge in [-0.05, 0) is 19.1 Å². The van der Waals surface area contributed by atoms with Crippen LogP contribution in [0.5, 0.6) is 0 Å². The molecule has 0 aliphatic carbocycles. The van der Waals surface area contributed by atoms with E-state index in [-0.39, 0.29) is 5.69 Å². The largest absolute Gasteiger partial charge is 0.447 e. The number of anilines is 2. The van der Waals surface area contributed by atoms with Gasteiger partial charge in [0.1, 0.15) is 12.3 Å². The average molecular weight is 251 g/mol. The molecule has 1 fully saturated rings. The quantitative estimate of drug-likeness (QED) is 0.653. The fourth-order valence-electron chi connectivity index (χ4n) is 1.81. The van der Waals surface area contributed by atoms with Crippen LogP contribution >= 0.6 is 0 Å². The van der Waals surface area contributed by atoms with Crippen LogP contribution in [0.1, 0.15) is 6.92 Å². The maximum absolute atomic E-state index is 11.4. The molecule has 7 heteroatoms. The molecule has 0 saturated carbocycles. The number of rotatable bonds is 4. The Hall–Kier alpha value is -2.31. The number of nitro groups is 1. The van der Waals surface area contributed by atoms with Gasteiger partial charge in [0.25, 0.3) is 5.69 Å². The maximum Gasteiger partial charge on any atom is 0.414 e. The van der Waals surface area contributed by atoms with Crippen LogP contribution in [-0.4, -0.2) is 30.7 Å². The Labute approximate surface area is 103 Å². The molecule has 0 spiro atoms. The topological polar surface area (TPSA) is 84.7 Å². The second kappa shape index (κ2) is 4.91. The lowest BCUT2D eigenvalue weighted by Gasteiger charge is -2.13. The minimum atomic E-state index is -0.472. The number of carbonyl (C=O) groups excluding carboxylic acids is 1. The van der Waals surface area contributed by atoms with E-state index in [4.69, 9.17) is 4.74 Å². The van der Waals surface area contributed by atoms with Gasteiger partial charge in [-0.25, -0.2) is 4.79 Å². The van der Waals surface area contributed by atoms with Gasteiger partial charge in [-0.15, -0.1) is 0 Å². The van der Waals surface area contributed by atoms with E-state index < -0.39 is 11.0 Å². The Bertz CT molecular complexity index is 489. The Balaban J connectivity index is 2.36. The third kappa shape index (κ3) is 2.20. The summed E-state index contributed by atoms with van der Waals surface area (Å²) in [7, 11) is 0. The first-order valence-corrected chi connectivity index (χ1v) is 5.60. The van der Waals surface area contributed by atoms with Crippen molar-refractivity contribution in [2.24, 2.45) is 0 Å². The standard InChI is InChI=1S/C11H13N3O4/c1-2-12-9-4-3-8(7-10(9)14(16)17)13-5-6-18-11(13)15/h3-4,7,12H,2,5-6H2,1H3. The minimum absolute atomic E-state index is 0.0472. The first-order valence-electron chi connectivity index (χ1n) is 5.60. The van der Waals surface area contributed by atoms with E-state index in [1.54, 1.807) is 12.1 Å². The smallest absolute Gasteiger partial charge is 0.414 e. The van der Waals surface area contributed by atoms with Gasteiger partial charge in [0, 0.05) is 12.6 Å². The summed E-state index contributed by atoms with van der Waals surface area (Å²) in [5.41, 5.74) is 0.874. The van der Waals surface area contributed by atoms with Crippen molar-refractivity contribution < 1.29 is 14.5 Å². The molecule has 1 saturated heterocycles. The highest BCUT2D eigenvalue weighted by atomic mass is 16.6. The first-order chi connectivity index (χ1) is 8.63. The molecule has 1 aromatic carbocycles. The summed E-state index contributed by atoms with van der Waals surface area (Å²) in [6.45, 7) is 3.17. The molecule has 1 aromatic rings. The Morgan fingerprint density at radius 1 is 1.56 bits per heavy atom. The highest BCUT2D eigenvalue weighted by Gasteiger charge is 2.26. The van der Waals surface area contributed by atoms with Crippen molar-refractivity contribution in [3.63, 3.8) is 0 Å². The van der Waals surface area contributed by atoms with Gasteiger partial charge in [0.05, 0.1) is 17.2 Å². The molecule has 1 aliphatic rings. The van der Waals surface area contributed by atoms with Crippen LogP contribution in [0.25, 0.3) is 0 Å². The molecule has 18 heavy (non-hydrogen) atoms. The minimum Gasteiger partial charge on any atom is -0.447 e. The second-order valence-corrected chi connectivity index (χ2v) is 3.75. The van der Waals surface area contributed by atoms with Gasteiger partial charge >= 0.3 is 6.09 Å². The van der Waals surface area contributed by atoms with Gasteiger partial charge in [-0.3, -0.25) is 15.0 Å². The van der Waals surface area contributed by atoms with Crippen molar-refractivity contribution in [2.45, 2.75) is 6.92 Å².